The van der Waals surface area contributed by atoms with Gasteiger partial charge in [0.15, 0.2) is 0 Å². The van der Waals surface area contributed by atoms with E-state index in [1.807, 2.05) is 23.5 Å². The van der Waals surface area contributed by atoms with Gasteiger partial charge in [-0.3, -0.25) is 0 Å². The van der Waals surface area contributed by atoms with Crippen LogP contribution in [0.25, 0.3) is 0 Å². The molecule has 0 aliphatic carbocycles. The van der Waals surface area contributed by atoms with Gasteiger partial charge in [0.05, 0.1) is 4.47 Å². The van der Waals surface area contributed by atoms with Crippen LogP contribution in [0.4, 0.5) is 4.39 Å². The first-order valence-electron chi connectivity index (χ1n) is 7.39. The second-order valence-corrected chi connectivity index (χ2v) is 6.92. The van der Waals surface area contributed by atoms with Crippen LogP contribution in [-0.2, 0) is 12.8 Å². The van der Waals surface area contributed by atoms with E-state index in [9.17, 15) is 4.39 Å². The number of hydrogen-bond acceptors (Lipinski definition) is 2. The second kappa shape index (κ2) is 8.06. The molecule has 0 fully saturated rings. The van der Waals surface area contributed by atoms with Crippen LogP contribution >= 0.6 is 27.3 Å². The summed E-state index contributed by atoms with van der Waals surface area (Å²) in [6, 6.07) is 7.80. The summed E-state index contributed by atoms with van der Waals surface area (Å²) >= 11 is 5.08. The molecule has 1 unspecified atom stereocenters. The molecule has 2 aromatic rings. The van der Waals surface area contributed by atoms with Crippen LogP contribution in [-0.4, -0.2) is 6.54 Å². The summed E-state index contributed by atoms with van der Waals surface area (Å²) in [5.74, 6) is -0.206. The fraction of sp³-hybridized carbons (Fsp3) is 0.412. The molecule has 1 nitrogen and oxygen atoms in total. The smallest absolute Gasteiger partial charge is 0.137 e. The first kappa shape index (κ1) is 16.7. The van der Waals surface area contributed by atoms with E-state index >= 15 is 0 Å². The maximum atomic E-state index is 13.4. The molecule has 0 saturated carbocycles. The molecule has 0 spiro atoms. The molecule has 1 atom stereocenters. The van der Waals surface area contributed by atoms with Crippen molar-refractivity contribution in [3.63, 3.8) is 0 Å². The summed E-state index contributed by atoms with van der Waals surface area (Å²) in [6.07, 6.45) is 3.04. The van der Waals surface area contributed by atoms with Gasteiger partial charge in [0.1, 0.15) is 5.82 Å². The Morgan fingerprint density at radius 3 is 2.76 bits per heavy atom. The van der Waals surface area contributed by atoms with Gasteiger partial charge in [0.25, 0.3) is 0 Å². The number of aryl methyl sites for hydroxylation is 1. The van der Waals surface area contributed by atoms with Gasteiger partial charge in [-0.1, -0.05) is 19.9 Å². The molecule has 21 heavy (non-hydrogen) atoms. The highest BCUT2D eigenvalue weighted by Gasteiger charge is 2.16. The topological polar surface area (TPSA) is 12.0 Å². The number of hydrogen-bond donors (Lipinski definition) is 1. The van der Waals surface area contributed by atoms with E-state index in [-0.39, 0.29) is 5.82 Å². The lowest BCUT2D eigenvalue weighted by molar-refractivity contribution is 0.532. The standard InChI is InChI=1S/C17H21BrFNS/c1-3-8-20-16(17-13(4-2)7-9-21-17)11-12-5-6-15(19)14(18)10-12/h5-7,9-10,16,20H,3-4,8,11H2,1-2H3. The molecule has 4 heteroatoms. The normalized spacial score (nSPS) is 12.6. The largest absolute Gasteiger partial charge is 0.309 e. The number of thiophene rings is 1. The third-order valence-electron chi connectivity index (χ3n) is 3.54. The van der Waals surface area contributed by atoms with Gasteiger partial charge in [-0.05, 0) is 76.4 Å². The van der Waals surface area contributed by atoms with Crippen molar-refractivity contribution in [3.8, 4) is 0 Å². The Morgan fingerprint density at radius 1 is 1.29 bits per heavy atom. The molecule has 1 aromatic heterocycles. The average molecular weight is 370 g/mol. The van der Waals surface area contributed by atoms with E-state index in [2.05, 4.69) is 46.5 Å². The van der Waals surface area contributed by atoms with Crippen molar-refractivity contribution in [2.24, 2.45) is 0 Å². The summed E-state index contributed by atoms with van der Waals surface area (Å²) in [5.41, 5.74) is 2.56. The fourth-order valence-electron chi connectivity index (χ4n) is 2.42. The van der Waals surface area contributed by atoms with E-state index in [1.54, 1.807) is 0 Å². The Balaban J connectivity index is 2.21. The van der Waals surface area contributed by atoms with Gasteiger partial charge in [-0.25, -0.2) is 4.39 Å². The van der Waals surface area contributed by atoms with Crippen LogP contribution in [0.5, 0.6) is 0 Å². The van der Waals surface area contributed by atoms with E-state index < -0.39 is 0 Å². The van der Waals surface area contributed by atoms with Gasteiger partial charge in [-0.2, -0.15) is 0 Å². The molecule has 0 saturated heterocycles. The lowest BCUT2D eigenvalue weighted by Crippen LogP contribution is -2.24. The van der Waals surface area contributed by atoms with Crippen molar-refractivity contribution in [1.29, 1.82) is 0 Å². The highest BCUT2D eigenvalue weighted by atomic mass is 79.9. The third-order valence-corrected chi connectivity index (χ3v) is 5.22. The van der Waals surface area contributed by atoms with Crippen LogP contribution in [0.2, 0.25) is 0 Å². The molecule has 0 aliphatic heterocycles. The molecule has 114 valence electrons. The minimum atomic E-state index is -0.206. The van der Waals surface area contributed by atoms with Crippen molar-refractivity contribution in [1.82, 2.24) is 5.32 Å². The Morgan fingerprint density at radius 2 is 2.10 bits per heavy atom. The van der Waals surface area contributed by atoms with Crippen molar-refractivity contribution < 1.29 is 4.39 Å². The second-order valence-electron chi connectivity index (χ2n) is 5.12. The van der Waals surface area contributed by atoms with Crippen LogP contribution in [0, 0.1) is 5.82 Å². The minimum Gasteiger partial charge on any atom is -0.309 e. The van der Waals surface area contributed by atoms with Gasteiger partial charge in [0.2, 0.25) is 0 Å². The van der Waals surface area contributed by atoms with Crippen molar-refractivity contribution in [2.45, 2.75) is 39.2 Å². The zero-order valence-corrected chi connectivity index (χ0v) is 14.9. The summed E-state index contributed by atoms with van der Waals surface area (Å²) in [6.45, 7) is 5.36. The maximum absolute atomic E-state index is 13.4. The monoisotopic (exact) mass is 369 g/mol. The van der Waals surface area contributed by atoms with Gasteiger partial charge in [0, 0.05) is 10.9 Å². The quantitative estimate of drug-likeness (QED) is 0.679. The van der Waals surface area contributed by atoms with Gasteiger partial charge < -0.3 is 5.32 Å². The highest BCUT2D eigenvalue weighted by molar-refractivity contribution is 9.10. The number of nitrogens with one attached hydrogen (secondary N) is 1. The van der Waals surface area contributed by atoms with Crippen LogP contribution < -0.4 is 5.32 Å². The van der Waals surface area contributed by atoms with E-state index in [1.165, 1.54) is 16.5 Å². The van der Waals surface area contributed by atoms with Crippen LogP contribution in [0.1, 0.15) is 42.3 Å². The Labute approximate surface area is 138 Å². The summed E-state index contributed by atoms with van der Waals surface area (Å²) in [5, 5.41) is 5.79. The molecule has 0 aliphatic rings. The molecule has 1 N–H and O–H groups in total. The van der Waals surface area contributed by atoms with Gasteiger partial charge >= 0.3 is 0 Å². The SMILES string of the molecule is CCCNC(Cc1ccc(F)c(Br)c1)c1sccc1CC. The van der Waals surface area contributed by atoms with E-state index in [0.717, 1.165) is 31.4 Å². The van der Waals surface area contributed by atoms with E-state index in [0.29, 0.717) is 10.5 Å². The van der Waals surface area contributed by atoms with Crippen molar-refractivity contribution >= 4 is 27.3 Å². The zero-order chi connectivity index (χ0) is 15.2. The Kier molecular flexibility index (Phi) is 6.40. The van der Waals surface area contributed by atoms with Crippen molar-refractivity contribution in [2.75, 3.05) is 6.54 Å². The number of benzene rings is 1. The molecule has 0 amide bonds. The number of rotatable bonds is 7. The maximum Gasteiger partial charge on any atom is 0.137 e. The Hall–Kier alpha value is -0.710. The summed E-state index contributed by atoms with van der Waals surface area (Å²) < 4.78 is 13.9. The zero-order valence-electron chi connectivity index (χ0n) is 12.5. The minimum absolute atomic E-state index is 0.206. The molecular formula is C17H21BrFNS. The molecule has 0 radical (unpaired) electrons. The van der Waals surface area contributed by atoms with Crippen LogP contribution in [0.3, 0.4) is 0 Å². The van der Waals surface area contributed by atoms with Gasteiger partial charge in [-0.15, -0.1) is 11.3 Å². The molecule has 2 rings (SSSR count). The molecule has 0 bridgehead atoms. The lowest BCUT2D eigenvalue weighted by atomic mass is 10.0. The average Bonchev–Trinajstić information content (AvgIpc) is 2.95. The lowest BCUT2D eigenvalue weighted by Gasteiger charge is -2.19. The summed E-state index contributed by atoms with van der Waals surface area (Å²) in [4.78, 5) is 1.41. The molecular weight excluding hydrogens is 349 g/mol. The predicted octanol–water partition coefficient (Wildman–Crippen LogP) is 5.50. The number of halogens is 2. The molecule has 1 heterocycles. The highest BCUT2D eigenvalue weighted by Crippen LogP contribution is 2.29. The van der Waals surface area contributed by atoms with Crippen LogP contribution in [0.15, 0.2) is 34.1 Å². The van der Waals surface area contributed by atoms with Crippen molar-refractivity contribution in [3.05, 3.63) is 55.9 Å². The third kappa shape index (κ3) is 4.38. The van der Waals surface area contributed by atoms with E-state index in [4.69, 9.17) is 0 Å². The molecule has 1 aromatic carbocycles. The fourth-order valence-corrected chi connectivity index (χ4v) is 3.92. The first-order valence-corrected chi connectivity index (χ1v) is 9.06. The first-order chi connectivity index (χ1) is 10.2. The Bertz CT molecular complexity index is 582. The predicted molar refractivity (Wildman–Crippen MR) is 92.5 cm³/mol. The summed E-state index contributed by atoms with van der Waals surface area (Å²) in [7, 11) is 0.